The number of ether oxygens (including phenoxy) is 1. The summed E-state index contributed by atoms with van der Waals surface area (Å²) in [7, 11) is 1.34. The van der Waals surface area contributed by atoms with Gasteiger partial charge in [0.2, 0.25) is 5.91 Å². The van der Waals surface area contributed by atoms with Gasteiger partial charge in [-0.3, -0.25) is 9.59 Å². The van der Waals surface area contributed by atoms with Gasteiger partial charge in [-0.05, 0) is 30.5 Å². The molecule has 0 bridgehead atoms. The minimum atomic E-state index is -0.281. The van der Waals surface area contributed by atoms with Crippen molar-refractivity contribution < 1.29 is 18.7 Å². The first-order chi connectivity index (χ1) is 9.11. The molecule has 5 heteroatoms. The van der Waals surface area contributed by atoms with Crippen LogP contribution in [-0.2, 0) is 20.7 Å². The van der Waals surface area contributed by atoms with Gasteiger partial charge >= 0.3 is 5.97 Å². The molecule has 0 aliphatic carbocycles. The molecular formula is C14H18FNO3. The molecule has 1 N–H and O–H groups in total. The lowest BCUT2D eigenvalue weighted by atomic mass is 10.1. The quantitative estimate of drug-likeness (QED) is 0.605. The van der Waals surface area contributed by atoms with Crippen LogP contribution in [0.5, 0.6) is 0 Å². The molecule has 4 nitrogen and oxygen atoms in total. The number of hydrogen-bond donors (Lipinski definition) is 1. The van der Waals surface area contributed by atoms with Crippen LogP contribution >= 0.6 is 0 Å². The zero-order valence-electron chi connectivity index (χ0n) is 10.9. The van der Waals surface area contributed by atoms with Crippen LogP contribution in [-0.4, -0.2) is 25.5 Å². The number of rotatable bonds is 7. The summed E-state index contributed by atoms with van der Waals surface area (Å²) >= 11 is 0. The van der Waals surface area contributed by atoms with Gasteiger partial charge < -0.3 is 10.1 Å². The van der Waals surface area contributed by atoms with E-state index in [2.05, 4.69) is 10.1 Å². The van der Waals surface area contributed by atoms with Crippen molar-refractivity contribution in [3.05, 3.63) is 35.6 Å². The van der Waals surface area contributed by atoms with E-state index in [4.69, 9.17) is 0 Å². The van der Waals surface area contributed by atoms with Gasteiger partial charge in [0, 0.05) is 19.4 Å². The zero-order chi connectivity index (χ0) is 14.1. The maximum Gasteiger partial charge on any atom is 0.305 e. The summed E-state index contributed by atoms with van der Waals surface area (Å²) in [5, 5.41) is 2.72. The van der Waals surface area contributed by atoms with E-state index in [0.717, 1.165) is 5.56 Å². The number of halogens is 1. The van der Waals surface area contributed by atoms with Gasteiger partial charge in [-0.15, -0.1) is 0 Å². The first kappa shape index (κ1) is 15.1. The lowest BCUT2D eigenvalue weighted by molar-refractivity contribution is -0.140. The van der Waals surface area contributed by atoms with Crippen molar-refractivity contribution >= 4 is 11.9 Å². The van der Waals surface area contributed by atoms with Crippen molar-refractivity contribution in [3.63, 3.8) is 0 Å². The molecule has 0 aliphatic rings. The van der Waals surface area contributed by atoms with Crippen LogP contribution in [0.3, 0.4) is 0 Å². The lowest BCUT2D eigenvalue weighted by Crippen LogP contribution is -2.25. The Labute approximate surface area is 112 Å². The van der Waals surface area contributed by atoms with Crippen molar-refractivity contribution in [2.75, 3.05) is 13.7 Å². The Morgan fingerprint density at radius 2 is 1.89 bits per heavy atom. The van der Waals surface area contributed by atoms with Crippen LogP contribution in [0.1, 0.15) is 24.8 Å². The molecule has 19 heavy (non-hydrogen) atoms. The Morgan fingerprint density at radius 1 is 1.21 bits per heavy atom. The number of aryl methyl sites for hydroxylation is 1. The van der Waals surface area contributed by atoms with Gasteiger partial charge in [-0.1, -0.05) is 12.1 Å². The molecule has 0 fully saturated rings. The van der Waals surface area contributed by atoms with Crippen molar-refractivity contribution in [2.45, 2.75) is 25.7 Å². The molecule has 1 aromatic rings. The summed E-state index contributed by atoms with van der Waals surface area (Å²) in [5.74, 6) is -0.634. The Hall–Kier alpha value is -1.91. The second-order valence-corrected chi connectivity index (χ2v) is 4.16. The number of methoxy groups -OCH3 is 1. The molecule has 0 atom stereocenters. The first-order valence-corrected chi connectivity index (χ1v) is 6.20. The Balaban J connectivity index is 2.14. The van der Waals surface area contributed by atoms with Crippen LogP contribution in [0.15, 0.2) is 24.3 Å². The van der Waals surface area contributed by atoms with E-state index in [1.54, 1.807) is 12.1 Å². The Morgan fingerprint density at radius 3 is 2.53 bits per heavy atom. The largest absolute Gasteiger partial charge is 0.469 e. The SMILES string of the molecule is COC(=O)CCCNC(=O)CCc1ccc(F)cc1. The molecule has 0 heterocycles. The van der Waals surface area contributed by atoms with Crippen molar-refractivity contribution in [1.82, 2.24) is 5.32 Å². The fourth-order valence-electron chi connectivity index (χ4n) is 1.56. The number of esters is 1. The molecule has 1 aromatic carbocycles. The van der Waals surface area contributed by atoms with E-state index in [9.17, 15) is 14.0 Å². The minimum absolute atomic E-state index is 0.0748. The number of nitrogens with one attached hydrogen (secondary N) is 1. The summed E-state index contributed by atoms with van der Waals surface area (Å²) in [4.78, 5) is 22.3. The van der Waals surface area contributed by atoms with Crippen LogP contribution in [0.4, 0.5) is 4.39 Å². The first-order valence-electron chi connectivity index (χ1n) is 6.20. The van der Waals surface area contributed by atoms with Crippen LogP contribution in [0, 0.1) is 5.82 Å². The molecule has 0 spiro atoms. The summed E-state index contributed by atoms with van der Waals surface area (Å²) in [6, 6.07) is 6.09. The number of hydrogen-bond acceptors (Lipinski definition) is 3. The number of carbonyl (C=O) groups excluding carboxylic acids is 2. The fourth-order valence-corrected chi connectivity index (χ4v) is 1.56. The standard InChI is InChI=1S/C14H18FNO3/c1-19-14(18)3-2-10-16-13(17)9-6-11-4-7-12(15)8-5-11/h4-5,7-8H,2-3,6,9-10H2,1H3,(H,16,17). The summed E-state index contributed by atoms with van der Waals surface area (Å²) in [5.41, 5.74) is 0.922. The monoisotopic (exact) mass is 267 g/mol. The second kappa shape index (κ2) is 8.24. The van der Waals surface area contributed by atoms with E-state index in [1.165, 1.54) is 19.2 Å². The van der Waals surface area contributed by atoms with Crippen molar-refractivity contribution in [2.24, 2.45) is 0 Å². The average molecular weight is 267 g/mol. The summed E-state index contributed by atoms with van der Waals surface area (Å²) in [6.07, 6.45) is 1.79. The number of carbonyl (C=O) groups is 2. The maximum absolute atomic E-state index is 12.7. The minimum Gasteiger partial charge on any atom is -0.469 e. The number of benzene rings is 1. The van der Waals surface area contributed by atoms with Crippen molar-refractivity contribution in [3.8, 4) is 0 Å². The van der Waals surface area contributed by atoms with E-state index >= 15 is 0 Å². The average Bonchev–Trinajstić information content (AvgIpc) is 2.42. The van der Waals surface area contributed by atoms with Crippen LogP contribution in [0.25, 0.3) is 0 Å². The third-order valence-corrected chi connectivity index (χ3v) is 2.66. The summed E-state index contributed by atoms with van der Waals surface area (Å²) < 4.78 is 17.2. The highest BCUT2D eigenvalue weighted by atomic mass is 19.1. The fraction of sp³-hybridized carbons (Fsp3) is 0.429. The molecule has 1 rings (SSSR count). The third-order valence-electron chi connectivity index (χ3n) is 2.66. The predicted octanol–water partition coefficient (Wildman–Crippen LogP) is 1.83. The Kier molecular flexibility index (Phi) is 6.57. The van der Waals surface area contributed by atoms with Gasteiger partial charge in [0.25, 0.3) is 0 Å². The molecule has 0 aromatic heterocycles. The smallest absolute Gasteiger partial charge is 0.305 e. The van der Waals surface area contributed by atoms with Gasteiger partial charge in [0.1, 0.15) is 5.82 Å². The molecule has 1 amide bonds. The Bertz CT molecular complexity index is 417. The molecular weight excluding hydrogens is 249 g/mol. The molecule has 0 radical (unpaired) electrons. The third kappa shape index (κ3) is 6.55. The summed E-state index contributed by atoms with van der Waals surface area (Å²) in [6.45, 7) is 0.456. The zero-order valence-corrected chi connectivity index (χ0v) is 10.9. The molecule has 0 unspecified atom stereocenters. The molecule has 104 valence electrons. The highest BCUT2D eigenvalue weighted by molar-refractivity contribution is 5.76. The van der Waals surface area contributed by atoms with Gasteiger partial charge in [-0.25, -0.2) is 4.39 Å². The maximum atomic E-state index is 12.7. The predicted molar refractivity (Wildman–Crippen MR) is 69.0 cm³/mol. The molecule has 0 saturated heterocycles. The highest BCUT2D eigenvalue weighted by Crippen LogP contribution is 2.05. The lowest BCUT2D eigenvalue weighted by Gasteiger charge is -2.05. The highest BCUT2D eigenvalue weighted by Gasteiger charge is 2.03. The van der Waals surface area contributed by atoms with Crippen molar-refractivity contribution in [1.29, 1.82) is 0 Å². The second-order valence-electron chi connectivity index (χ2n) is 4.16. The molecule has 0 aliphatic heterocycles. The van der Waals surface area contributed by atoms with Crippen LogP contribution in [0.2, 0.25) is 0 Å². The normalized spacial score (nSPS) is 10.0. The van der Waals surface area contributed by atoms with E-state index in [1.807, 2.05) is 0 Å². The van der Waals surface area contributed by atoms with E-state index in [0.29, 0.717) is 32.2 Å². The van der Waals surface area contributed by atoms with Gasteiger partial charge in [0.05, 0.1) is 7.11 Å². The number of amides is 1. The van der Waals surface area contributed by atoms with E-state index < -0.39 is 0 Å². The van der Waals surface area contributed by atoms with Crippen LogP contribution < -0.4 is 5.32 Å². The molecule has 0 saturated carbocycles. The van der Waals surface area contributed by atoms with Gasteiger partial charge in [-0.2, -0.15) is 0 Å². The topological polar surface area (TPSA) is 55.4 Å². The van der Waals surface area contributed by atoms with E-state index in [-0.39, 0.29) is 17.7 Å². The van der Waals surface area contributed by atoms with Gasteiger partial charge in [0.15, 0.2) is 0 Å².